The molecule has 1 aromatic heterocycles. The summed E-state index contributed by atoms with van der Waals surface area (Å²) >= 11 is 1.86. The Morgan fingerprint density at radius 3 is 1.94 bits per heavy atom. The molecule has 1 aliphatic carbocycles. The van der Waals surface area contributed by atoms with Crippen molar-refractivity contribution in [3.05, 3.63) is 204 Å². The van der Waals surface area contributed by atoms with Crippen molar-refractivity contribution in [3.63, 3.8) is 0 Å². The van der Waals surface area contributed by atoms with E-state index < -0.39 is 5.41 Å². The summed E-state index contributed by atoms with van der Waals surface area (Å²) in [5.74, 6) is 0.709. The molecule has 9 rings (SSSR count). The molecule has 0 bridgehead atoms. The normalized spacial score (nSPS) is 14.2. The fourth-order valence-corrected chi connectivity index (χ4v) is 8.98. The zero-order chi connectivity index (χ0) is 33.0. The number of rotatable bonds is 5. The minimum absolute atomic E-state index is 0.508. The third-order valence-electron chi connectivity index (χ3n) is 9.84. The SMILES string of the molecule is C=C(C1=C(/C=C\C)c2ccccc2C12c1ccccc1Sc1ccccc12)c1ccc(-c2nc(-c3ccccc3)c3ccccc3n2)cc1. The smallest absolute Gasteiger partial charge is 0.160 e. The molecule has 0 unspecified atom stereocenters. The zero-order valence-electron chi connectivity index (χ0n) is 27.1. The summed E-state index contributed by atoms with van der Waals surface area (Å²) in [5.41, 5.74) is 13.1. The molecular formula is C46H32N2S. The first-order valence-electron chi connectivity index (χ1n) is 16.6. The lowest BCUT2D eigenvalue weighted by atomic mass is 9.64. The van der Waals surface area contributed by atoms with Crippen molar-refractivity contribution in [3.8, 4) is 22.6 Å². The fraction of sp³-hybridized carbons (Fsp3) is 0.0435. The van der Waals surface area contributed by atoms with Gasteiger partial charge in [-0.3, -0.25) is 0 Å². The molecule has 1 aliphatic heterocycles. The quantitative estimate of drug-likeness (QED) is 0.186. The van der Waals surface area contributed by atoms with E-state index in [0.29, 0.717) is 5.82 Å². The van der Waals surface area contributed by atoms with Gasteiger partial charge in [-0.15, -0.1) is 0 Å². The van der Waals surface area contributed by atoms with Crippen LogP contribution in [0.3, 0.4) is 0 Å². The number of aromatic nitrogens is 2. The molecule has 232 valence electrons. The van der Waals surface area contributed by atoms with E-state index in [1.54, 1.807) is 0 Å². The third-order valence-corrected chi connectivity index (χ3v) is 11.0. The van der Waals surface area contributed by atoms with Gasteiger partial charge in [-0.1, -0.05) is 164 Å². The Balaban J connectivity index is 1.22. The van der Waals surface area contributed by atoms with Crippen molar-refractivity contribution in [2.45, 2.75) is 22.1 Å². The van der Waals surface area contributed by atoms with Gasteiger partial charge in [0, 0.05) is 26.3 Å². The van der Waals surface area contributed by atoms with Gasteiger partial charge >= 0.3 is 0 Å². The van der Waals surface area contributed by atoms with Crippen LogP contribution in [0.4, 0.5) is 0 Å². The lowest BCUT2D eigenvalue weighted by molar-refractivity contribution is 0.720. The van der Waals surface area contributed by atoms with E-state index in [9.17, 15) is 0 Å². The molecule has 0 atom stereocenters. The highest BCUT2D eigenvalue weighted by molar-refractivity contribution is 7.99. The van der Waals surface area contributed by atoms with E-state index in [1.165, 1.54) is 43.2 Å². The highest BCUT2D eigenvalue weighted by Crippen LogP contribution is 2.63. The maximum absolute atomic E-state index is 5.12. The van der Waals surface area contributed by atoms with Crippen LogP contribution in [0.5, 0.6) is 0 Å². The molecule has 2 nitrogen and oxygen atoms in total. The predicted octanol–water partition coefficient (Wildman–Crippen LogP) is 11.8. The standard InChI is InChI=1S/C46H32N2S/c1-3-15-35-34-18-7-9-20-37(34)46(38-21-10-13-24-41(38)49-42-25-14-11-22-39(42)46)43(35)30(2)31-26-28-33(29-27-31)45-47-40-23-12-8-19-36(40)44(48-45)32-16-5-4-6-17-32/h3-29H,2H2,1H3/b15-3-. The first kappa shape index (κ1) is 29.4. The van der Waals surface area contributed by atoms with E-state index >= 15 is 0 Å². The van der Waals surface area contributed by atoms with E-state index in [2.05, 4.69) is 153 Å². The Morgan fingerprint density at radius 1 is 0.612 bits per heavy atom. The number of benzene rings is 6. The Hall–Kier alpha value is -5.77. The van der Waals surface area contributed by atoms with Crippen LogP contribution in [0.2, 0.25) is 0 Å². The molecule has 1 spiro atoms. The molecule has 49 heavy (non-hydrogen) atoms. The molecule has 7 aromatic rings. The second-order valence-electron chi connectivity index (χ2n) is 12.5. The van der Waals surface area contributed by atoms with Crippen molar-refractivity contribution in [1.82, 2.24) is 9.97 Å². The Morgan fingerprint density at radius 2 is 1.22 bits per heavy atom. The molecule has 0 saturated carbocycles. The maximum atomic E-state index is 5.12. The highest BCUT2D eigenvalue weighted by atomic mass is 32.2. The molecule has 0 fully saturated rings. The molecular weight excluding hydrogens is 613 g/mol. The van der Waals surface area contributed by atoms with Gasteiger partial charge in [0.05, 0.1) is 16.6 Å². The molecule has 6 aromatic carbocycles. The molecule has 0 radical (unpaired) electrons. The first-order valence-corrected chi connectivity index (χ1v) is 17.5. The Labute approximate surface area is 291 Å². The van der Waals surface area contributed by atoms with Gasteiger partial charge in [0.25, 0.3) is 0 Å². The second-order valence-corrected chi connectivity index (χ2v) is 13.6. The average molecular weight is 645 g/mol. The summed E-state index contributed by atoms with van der Waals surface area (Å²) in [7, 11) is 0. The van der Waals surface area contributed by atoms with E-state index in [1.807, 2.05) is 30.0 Å². The van der Waals surface area contributed by atoms with Crippen molar-refractivity contribution in [2.75, 3.05) is 0 Å². The van der Waals surface area contributed by atoms with Gasteiger partial charge in [0.2, 0.25) is 0 Å². The minimum atomic E-state index is -0.508. The largest absolute Gasteiger partial charge is 0.228 e. The van der Waals surface area contributed by atoms with Crippen LogP contribution < -0.4 is 0 Å². The lowest BCUT2D eigenvalue weighted by Gasteiger charge is -2.41. The maximum Gasteiger partial charge on any atom is 0.160 e. The summed E-state index contributed by atoms with van der Waals surface area (Å²) < 4.78 is 0. The average Bonchev–Trinajstić information content (AvgIpc) is 3.45. The van der Waals surface area contributed by atoms with E-state index in [-0.39, 0.29) is 0 Å². The molecule has 0 amide bonds. The van der Waals surface area contributed by atoms with Crippen LogP contribution >= 0.6 is 11.8 Å². The number of allylic oxidation sites excluding steroid dienone is 5. The molecule has 2 aliphatic rings. The van der Waals surface area contributed by atoms with E-state index in [4.69, 9.17) is 16.5 Å². The van der Waals surface area contributed by atoms with Crippen LogP contribution in [0.1, 0.15) is 34.7 Å². The van der Waals surface area contributed by atoms with Gasteiger partial charge in [-0.2, -0.15) is 0 Å². The predicted molar refractivity (Wildman–Crippen MR) is 205 cm³/mol. The van der Waals surface area contributed by atoms with Gasteiger partial charge < -0.3 is 0 Å². The van der Waals surface area contributed by atoms with Gasteiger partial charge in [0.1, 0.15) is 0 Å². The summed E-state index contributed by atoms with van der Waals surface area (Å²) in [6, 6.07) is 54.0. The number of fused-ring (bicyclic) bond motifs is 7. The van der Waals surface area contributed by atoms with Crippen LogP contribution in [-0.4, -0.2) is 9.97 Å². The Kier molecular flexibility index (Phi) is 7.03. The van der Waals surface area contributed by atoms with Crippen LogP contribution in [0, 0.1) is 0 Å². The molecule has 3 heteroatoms. The monoisotopic (exact) mass is 644 g/mol. The molecule has 0 N–H and O–H groups in total. The number of para-hydroxylation sites is 1. The number of hydrogen-bond donors (Lipinski definition) is 0. The van der Waals surface area contributed by atoms with Gasteiger partial charge in [-0.25, -0.2) is 9.97 Å². The molecule has 0 saturated heterocycles. The lowest BCUT2D eigenvalue weighted by Crippen LogP contribution is -2.33. The Bertz CT molecular complexity index is 2440. The number of hydrogen-bond acceptors (Lipinski definition) is 3. The van der Waals surface area contributed by atoms with Crippen LogP contribution in [-0.2, 0) is 5.41 Å². The van der Waals surface area contributed by atoms with E-state index in [0.717, 1.165) is 38.9 Å². The van der Waals surface area contributed by atoms with Gasteiger partial charge in [-0.05, 0) is 69.7 Å². The summed E-state index contributed by atoms with van der Waals surface area (Å²) in [6.07, 6.45) is 4.42. The molecule has 2 heterocycles. The summed E-state index contributed by atoms with van der Waals surface area (Å²) in [6.45, 7) is 6.98. The zero-order valence-corrected chi connectivity index (χ0v) is 27.9. The van der Waals surface area contributed by atoms with Crippen molar-refractivity contribution < 1.29 is 0 Å². The minimum Gasteiger partial charge on any atom is -0.228 e. The van der Waals surface area contributed by atoms with Crippen molar-refractivity contribution >= 4 is 33.8 Å². The fourth-order valence-electron chi connectivity index (χ4n) is 7.79. The summed E-state index contributed by atoms with van der Waals surface area (Å²) in [5, 5.41) is 1.04. The summed E-state index contributed by atoms with van der Waals surface area (Å²) in [4.78, 5) is 12.7. The highest BCUT2D eigenvalue weighted by Gasteiger charge is 2.51. The topological polar surface area (TPSA) is 25.8 Å². The van der Waals surface area contributed by atoms with Crippen LogP contribution in [0.15, 0.2) is 186 Å². The third kappa shape index (κ3) is 4.50. The second kappa shape index (κ2) is 11.7. The van der Waals surface area contributed by atoms with Gasteiger partial charge in [0.15, 0.2) is 5.82 Å². The van der Waals surface area contributed by atoms with Crippen molar-refractivity contribution in [1.29, 1.82) is 0 Å². The van der Waals surface area contributed by atoms with Crippen LogP contribution in [0.25, 0.3) is 44.7 Å². The first-order chi connectivity index (χ1) is 24.2. The van der Waals surface area contributed by atoms with Crippen molar-refractivity contribution in [2.24, 2.45) is 0 Å². The number of nitrogens with zero attached hydrogens (tertiary/aromatic N) is 2.